The maximum atomic E-state index is 12.2. The molecule has 2 N–H and O–H groups in total. The molecule has 1 saturated heterocycles. The maximum absolute atomic E-state index is 12.2. The van der Waals surface area contributed by atoms with Crippen LogP contribution in [0, 0.1) is 0 Å². The molecular formula is C17H22N4O3. The van der Waals surface area contributed by atoms with E-state index in [-0.39, 0.29) is 31.8 Å². The third-order valence-electron chi connectivity index (χ3n) is 4.20. The summed E-state index contributed by atoms with van der Waals surface area (Å²) in [5.41, 5.74) is 0.841. The van der Waals surface area contributed by atoms with Gasteiger partial charge in [0.2, 0.25) is 0 Å². The van der Waals surface area contributed by atoms with Crippen LogP contribution in [-0.2, 0) is 4.74 Å². The summed E-state index contributed by atoms with van der Waals surface area (Å²) in [6.07, 6.45) is 3.43. The van der Waals surface area contributed by atoms with Crippen LogP contribution in [0.4, 0.5) is 10.5 Å². The van der Waals surface area contributed by atoms with Crippen molar-refractivity contribution in [2.45, 2.75) is 18.6 Å². The molecule has 1 atom stereocenters. The molecule has 0 bridgehead atoms. The van der Waals surface area contributed by atoms with E-state index in [9.17, 15) is 9.90 Å². The van der Waals surface area contributed by atoms with Gasteiger partial charge in [-0.15, -0.1) is 0 Å². The summed E-state index contributed by atoms with van der Waals surface area (Å²) in [5.74, 6) is 0. The van der Waals surface area contributed by atoms with Crippen LogP contribution in [0.3, 0.4) is 0 Å². The van der Waals surface area contributed by atoms with E-state index in [0.29, 0.717) is 5.69 Å². The summed E-state index contributed by atoms with van der Waals surface area (Å²) in [4.78, 5) is 13.7. The van der Waals surface area contributed by atoms with Gasteiger partial charge in [0.05, 0.1) is 37.6 Å². The van der Waals surface area contributed by atoms with Gasteiger partial charge in [-0.3, -0.25) is 4.68 Å². The Balaban J connectivity index is 1.58. The van der Waals surface area contributed by atoms with Gasteiger partial charge in [-0.1, -0.05) is 30.3 Å². The number of aliphatic hydroxyl groups is 1. The van der Waals surface area contributed by atoms with Gasteiger partial charge in [-0.2, -0.15) is 5.10 Å². The molecule has 1 aliphatic heterocycles. The van der Waals surface area contributed by atoms with Gasteiger partial charge in [-0.05, 0) is 12.5 Å². The number of carbonyl (C=O) groups excluding carboxylic acids is 1. The van der Waals surface area contributed by atoms with Crippen molar-refractivity contribution in [2.75, 3.05) is 32.1 Å². The van der Waals surface area contributed by atoms with Gasteiger partial charge in [0.15, 0.2) is 0 Å². The number of rotatable bonds is 5. The van der Waals surface area contributed by atoms with Gasteiger partial charge >= 0.3 is 6.03 Å². The number of likely N-dealkylation sites (tertiary alicyclic amines) is 1. The second-order valence-corrected chi connectivity index (χ2v) is 6.24. The first-order valence-corrected chi connectivity index (χ1v) is 7.87. The third kappa shape index (κ3) is 3.42. The lowest BCUT2D eigenvalue weighted by molar-refractivity contribution is -0.113. The number of urea groups is 1. The molecule has 24 heavy (non-hydrogen) atoms. The minimum Gasteiger partial charge on any atom is -0.384 e. The molecule has 1 aliphatic rings. The fourth-order valence-electron chi connectivity index (χ4n) is 2.87. The molecule has 3 rings (SSSR count). The largest absolute Gasteiger partial charge is 0.384 e. The highest BCUT2D eigenvalue weighted by Crippen LogP contribution is 2.23. The van der Waals surface area contributed by atoms with Crippen LogP contribution >= 0.6 is 0 Å². The first-order chi connectivity index (χ1) is 11.5. The number of methoxy groups -OCH3 is 1. The SMILES string of the molecule is COCC1(O)CN(C(=O)Nc2cnn([C@@H](C)c3ccccc3)c2)C1. The zero-order valence-corrected chi connectivity index (χ0v) is 13.8. The summed E-state index contributed by atoms with van der Waals surface area (Å²) < 4.78 is 6.75. The van der Waals surface area contributed by atoms with Crippen molar-refractivity contribution in [3.63, 3.8) is 0 Å². The first-order valence-electron chi connectivity index (χ1n) is 7.87. The van der Waals surface area contributed by atoms with Crippen LogP contribution in [0.5, 0.6) is 0 Å². The summed E-state index contributed by atoms with van der Waals surface area (Å²) in [6, 6.07) is 9.87. The molecule has 1 fully saturated rings. The van der Waals surface area contributed by atoms with Crippen molar-refractivity contribution in [3.05, 3.63) is 48.3 Å². The van der Waals surface area contributed by atoms with Gasteiger partial charge in [-0.25, -0.2) is 4.79 Å². The first kappa shape index (κ1) is 16.5. The summed E-state index contributed by atoms with van der Waals surface area (Å²) in [7, 11) is 1.53. The van der Waals surface area contributed by atoms with Crippen LogP contribution in [0.15, 0.2) is 42.7 Å². The summed E-state index contributed by atoms with van der Waals surface area (Å²) >= 11 is 0. The zero-order chi connectivity index (χ0) is 17.2. The van der Waals surface area contributed by atoms with E-state index >= 15 is 0 Å². The lowest BCUT2D eigenvalue weighted by atomic mass is 9.96. The molecule has 0 saturated carbocycles. The van der Waals surface area contributed by atoms with Crippen molar-refractivity contribution < 1.29 is 14.6 Å². The number of ether oxygens (including phenoxy) is 1. The number of amides is 2. The Hall–Kier alpha value is -2.38. The standard InChI is InChI=1S/C17H22N4O3/c1-13(14-6-4-3-5-7-14)21-9-15(8-18-21)19-16(22)20-10-17(23,11-20)12-24-2/h3-9,13,23H,10-12H2,1-2H3,(H,19,22)/t13-/m0/s1. The Labute approximate surface area is 140 Å². The van der Waals surface area contributed by atoms with Crippen LogP contribution in [0.2, 0.25) is 0 Å². The fourth-order valence-corrected chi connectivity index (χ4v) is 2.87. The number of anilines is 1. The van der Waals surface area contributed by atoms with Crippen molar-refractivity contribution >= 4 is 11.7 Å². The fraction of sp³-hybridized carbons (Fsp3) is 0.412. The Bertz CT molecular complexity index is 695. The lowest BCUT2D eigenvalue weighted by Gasteiger charge is -2.45. The van der Waals surface area contributed by atoms with E-state index in [1.165, 1.54) is 12.0 Å². The second kappa shape index (κ2) is 6.62. The minimum absolute atomic E-state index is 0.0765. The highest BCUT2D eigenvalue weighted by Gasteiger charge is 2.43. The highest BCUT2D eigenvalue weighted by molar-refractivity contribution is 5.89. The van der Waals surface area contributed by atoms with Crippen LogP contribution < -0.4 is 5.32 Å². The van der Waals surface area contributed by atoms with E-state index in [1.807, 2.05) is 41.9 Å². The monoisotopic (exact) mass is 330 g/mol. The molecule has 0 spiro atoms. The number of nitrogens with zero attached hydrogens (tertiary/aromatic N) is 3. The van der Waals surface area contributed by atoms with Gasteiger partial charge < -0.3 is 20.1 Å². The molecule has 128 valence electrons. The Kier molecular flexibility index (Phi) is 4.55. The van der Waals surface area contributed by atoms with Crippen LogP contribution in [-0.4, -0.2) is 58.2 Å². The Morgan fingerprint density at radius 1 is 1.42 bits per heavy atom. The van der Waals surface area contributed by atoms with E-state index in [2.05, 4.69) is 10.4 Å². The molecular weight excluding hydrogens is 308 g/mol. The summed E-state index contributed by atoms with van der Waals surface area (Å²) in [5, 5.41) is 17.2. The third-order valence-corrected chi connectivity index (χ3v) is 4.20. The molecule has 2 aromatic rings. The molecule has 0 unspecified atom stereocenters. The quantitative estimate of drug-likeness (QED) is 0.875. The molecule has 2 amide bonds. The van der Waals surface area contributed by atoms with E-state index < -0.39 is 5.60 Å². The number of benzene rings is 1. The number of nitrogens with one attached hydrogen (secondary N) is 1. The smallest absolute Gasteiger partial charge is 0.322 e. The van der Waals surface area contributed by atoms with E-state index in [4.69, 9.17) is 4.74 Å². The van der Waals surface area contributed by atoms with Gasteiger partial charge in [0.1, 0.15) is 5.60 Å². The summed E-state index contributed by atoms with van der Waals surface area (Å²) in [6.45, 7) is 2.81. The van der Waals surface area contributed by atoms with Gasteiger partial charge in [0.25, 0.3) is 0 Å². The van der Waals surface area contributed by atoms with Crippen molar-refractivity contribution in [2.24, 2.45) is 0 Å². The molecule has 0 aliphatic carbocycles. The van der Waals surface area contributed by atoms with Crippen molar-refractivity contribution in [3.8, 4) is 0 Å². The van der Waals surface area contributed by atoms with Crippen molar-refractivity contribution in [1.82, 2.24) is 14.7 Å². The highest BCUT2D eigenvalue weighted by atomic mass is 16.5. The molecule has 7 heteroatoms. The van der Waals surface area contributed by atoms with Crippen LogP contribution in [0.1, 0.15) is 18.5 Å². The normalized spacial score (nSPS) is 17.2. The molecule has 2 heterocycles. The van der Waals surface area contributed by atoms with Crippen LogP contribution in [0.25, 0.3) is 0 Å². The molecule has 7 nitrogen and oxygen atoms in total. The number of carbonyl (C=O) groups is 1. The Morgan fingerprint density at radius 3 is 2.79 bits per heavy atom. The van der Waals surface area contributed by atoms with Crippen molar-refractivity contribution in [1.29, 1.82) is 0 Å². The molecule has 0 radical (unpaired) electrons. The van der Waals surface area contributed by atoms with Gasteiger partial charge in [0, 0.05) is 13.3 Å². The predicted octanol–water partition coefficient (Wildman–Crippen LogP) is 1.72. The van der Waals surface area contributed by atoms with E-state index in [1.54, 1.807) is 12.4 Å². The van der Waals surface area contributed by atoms with E-state index in [0.717, 1.165) is 5.56 Å². The number of hydrogen-bond acceptors (Lipinski definition) is 4. The number of aromatic nitrogens is 2. The lowest BCUT2D eigenvalue weighted by Crippen LogP contribution is -2.66. The predicted molar refractivity (Wildman–Crippen MR) is 89.9 cm³/mol. The average Bonchev–Trinajstić information content (AvgIpc) is 3.01. The number of β-amino-alcohol motifs (C(OH)–C–C–N with tert-alkyl or cyclic N) is 1. The molecule has 1 aromatic carbocycles. The average molecular weight is 330 g/mol. The minimum atomic E-state index is -0.932. The maximum Gasteiger partial charge on any atom is 0.322 e. The second-order valence-electron chi connectivity index (χ2n) is 6.24. The zero-order valence-electron chi connectivity index (χ0n) is 13.8. The molecule has 1 aromatic heterocycles. The topological polar surface area (TPSA) is 79.6 Å². The Morgan fingerprint density at radius 2 is 2.12 bits per heavy atom. The number of hydrogen-bond donors (Lipinski definition) is 2.